The van der Waals surface area contributed by atoms with Gasteiger partial charge in [-0.3, -0.25) is 13.6 Å². The number of ether oxygens (including phenoxy) is 4. The zero-order valence-corrected chi connectivity index (χ0v) is 27.8. The molecule has 0 saturated carbocycles. The lowest BCUT2D eigenvalue weighted by molar-refractivity contribution is -0.139. The van der Waals surface area contributed by atoms with E-state index in [0.29, 0.717) is 35.8 Å². The van der Waals surface area contributed by atoms with Gasteiger partial charge in [-0.25, -0.2) is 9.56 Å². The van der Waals surface area contributed by atoms with Gasteiger partial charge < -0.3 is 18.9 Å². The molecule has 0 radical (unpaired) electrons. The summed E-state index contributed by atoms with van der Waals surface area (Å²) in [5.41, 5.74) is -2.09. The highest BCUT2D eigenvalue weighted by molar-refractivity contribution is 7.48. The highest BCUT2D eigenvalue weighted by atomic mass is 31.2. The molecule has 0 amide bonds. The Morgan fingerprint density at radius 2 is 1.53 bits per heavy atom. The van der Waals surface area contributed by atoms with Crippen LogP contribution in [-0.4, -0.2) is 49.3 Å². The molecule has 2 aromatic carbocycles. The quantitative estimate of drug-likeness (QED) is 0.157. The SMILES string of the molecule is CC1=NC(CCc2ccc(OCCCc3ccc4c(c3)OCO4)c(C(F)(F)F)c2)(COP(=O)(OC(C)(C)C)OC(C)(C)C)CO1. The molecule has 1 unspecified atom stereocenters. The first-order chi connectivity index (χ1) is 20.8. The second-order valence-electron chi connectivity index (χ2n) is 13.2. The van der Waals surface area contributed by atoms with E-state index in [1.807, 2.05) is 18.2 Å². The Morgan fingerprint density at radius 1 is 0.889 bits per heavy atom. The summed E-state index contributed by atoms with van der Waals surface area (Å²) in [4.78, 5) is 4.59. The normalized spacial score (nSPS) is 18.6. The zero-order chi connectivity index (χ0) is 33.1. The molecule has 2 aromatic rings. The number of benzene rings is 2. The van der Waals surface area contributed by atoms with Crippen molar-refractivity contribution in [3.05, 3.63) is 53.1 Å². The van der Waals surface area contributed by atoms with Crippen molar-refractivity contribution in [2.24, 2.45) is 4.99 Å². The standard InChI is InChI=1S/C32H43F3NO8P/c1-22-36-31(19-39-22,20-42-45(37,43-29(2,3)4)44-30(5,6)7)15-14-24-10-12-26(25(17-24)32(33,34)35)38-16-8-9-23-11-13-27-28(18-23)41-21-40-27/h10-13,17-18H,8-9,14-16,19-21H2,1-7H3. The highest BCUT2D eigenvalue weighted by Crippen LogP contribution is 2.56. The topological polar surface area (TPSA) is 94.0 Å². The van der Waals surface area contributed by atoms with E-state index in [1.165, 1.54) is 6.07 Å². The Balaban J connectivity index is 1.41. The van der Waals surface area contributed by atoms with Crippen LogP contribution < -0.4 is 14.2 Å². The molecule has 2 aliphatic heterocycles. The predicted molar refractivity (Wildman–Crippen MR) is 163 cm³/mol. The number of aliphatic imine (C=N–C) groups is 1. The molecular formula is C32H43F3NO8P. The number of alkyl halides is 3. The van der Waals surface area contributed by atoms with E-state index in [1.54, 1.807) is 54.5 Å². The van der Waals surface area contributed by atoms with Crippen LogP contribution in [0, 0.1) is 0 Å². The molecule has 250 valence electrons. The van der Waals surface area contributed by atoms with Gasteiger partial charge in [-0.05, 0) is 103 Å². The van der Waals surface area contributed by atoms with Gasteiger partial charge in [0.25, 0.3) is 0 Å². The number of rotatable bonds is 13. The minimum Gasteiger partial charge on any atom is -0.493 e. The summed E-state index contributed by atoms with van der Waals surface area (Å²) in [5, 5.41) is 0. The fourth-order valence-corrected chi connectivity index (χ4v) is 6.75. The molecule has 0 saturated heterocycles. The molecule has 2 heterocycles. The first-order valence-electron chi connectivity index (χ1n) is 14.9. The number of hydrogen-bond donors (Lipinski definition) is 0. The van der Waals surface area contributed by atoms with Crippen molar-refractivity contribution >= 4 is 13.7 Å². The van der Waals surface area contributed by atoms with E-state index >= 15 is 0 Å². The molecule has 4 rings (SSSR count). The summed E-state index contributed by atoms with van der Waals surface area (Å²) >= 11 is 0. The summed E-state index contributed by atoms with van der Waals surface area (Å²) in [6, 6.07) is 9.65. The molecule has 0 bridgehead atoms. The molecule has 0 aliphatic carbocycles. The lowest BCUT2D eigenvalue weighted by Crippen LogP contribution is -2.36. The highest BCUT2D eigenvalue weighted by Gasteiger charge is 2.43. The maximum atomic E-state index is 14.1. The Hall–Kier alpha value is -2.79. The van der Waals surface area contributed by atoms with Crippen LogP contribution >= 0.6 is 7.82 Å². The van der Waals surface area contributed by atoms with Gasteiger partial charge in [-0.15, -0.1) is 0 Å². The molecule has 0 fully saturated rings. The Kier molecular flexibility index (Phi) is 10.5. The minimum atomic E-state index is -4.62. The number of hydrogen-bond acceptors (Lipinski definition) is 9. The number of aryl methyl sites for hydroxylation is 2. The Morgan fingerprint density at radius 3 is 2.16 bits per heavy atom. The zero-order valence-electron chi connectivity index (χ0n) is 26.9. The number of nitrogens with zero attached hydrogens (tertiary/aromatic N) is 1. The molecule has 9 nitrogen and oxygen atoms in total. The van der Waals surface area contributed by atoms with Crippen LogP contribution in [-0.2, 0) is 41.9 Å². The van der Waals surface area contributed by atoms with E-state index in [4.69, 9.17) is 32.5 Å². The largest absolute Gasteiger partial charge is 0.493 e. The van der Waals surface area contributed by atoms with Crippen molar-refractivity contribution in [2.45, 2.75) is 97.1 Å². The second kappa shape index (κ2) is 13.5. The predicted octanol–water partition coefficient (Wildman–Crippen LogP) is 8.32. The van der Waals surface area contributed by atoms with Crippen molar-refractivity contribution in [3.8, 4) is 17.2 Å². The number of phosphoric acid groups is 1. The molecule has 0 spiro atoms. The fraction of sp³-hybridized carbons (Fsp3) is 0.594. The van der Waals surface area contributed by atoms with Gasteiger partial charge in [0.05, 0.1) is 30.0 Å². The van der Waals surface area contributed by atoms with Crippen molar-refractivity contribution in [3.63, 3.8) is 0 Å². The van der Waals surface area contributed by atoms with E-state index in [0.717, 1.165) is 11.6 Å². The van der Waals surface area contributed by atoms with Gasteiger partial charge in [0.15, 0.2) is 17.4 Å². The summed E-state index contributed by atoms with van der Waals surface area (Å²) < 4.78 is 95.1. The van der Waals surface area contributed by atoms with E-state index in [9.17, 15) is 17.7 Å². The maximum Gasteiger partial charge on any atom is 0.475 e. The van der Waals surface area contributed by atoms with Crippen molar-refractivity contribution in [1.29, 1.82) is 0 Å². The third-order valence-corrected chi connectivity index (χ3v) is 8.73. The number of phosphoric ester groups is 1. The summed E-state index contributed by atoms with van der Waals surface area (Å²) in [7, 11) is -4.05. The first-order valence-corrected chi connectivity index (χ1v) is 16.4. The van der Waals surface area contributed by atoms with Gasteiger partial charge in [-0.2, -0.15) is 13.2 Å². The average Bonchev–Trinajstić information content (AvgIpc) is 3.53. The molecule has 0 N–H and O–H groups in total. The lowest BCUT2D eigenvalue weighted by Gasteiger charge is -2.33. The van der Waals surface area contributed by atoms with Gasteiger partial charge in [0.1, 0.15) is 17.9 Å². The van der Waals surface area contributed by atoms with Crippen LogP contribution in [0.2, 0.25) is 0 Å². The Bertz CT molecular complexity index is 1400. The van der Waals surface area contributed by atoms with Crippen LogP contribution in [0.25, 0.3) is 0 Å². The van der Waals surface area contributed by atoms with E-state index < -0.39 is 36.3 Å². The third-order valence-electron chi connectivity index (χ3n) is 6.74. The molecular weight excluding hydrogens is 614 g/mol. The molecule has 0 aromatic heterocycles. The third kappa shape index (κ3) is 10.4. The summed E-state index contributed by atoms with van der Waals surface area (Å²) in [5.74, 6) is 1.51. The molecule has 2 aliphatic rings. The van der Waals surface area contributed by atoms with Gasteiger partial charge in [0.2, 0.25) is 6.79 Å². The number of halogens is 3. The smallest absolute Gasteiger partial charge is 0.475 e. The molecule has 45 heavy (non-hydrogen) atoms. The maximum absolute atomic E-state index is 14.1. The summed E-state index contributed by atoms with van der Waals surface area (Å²) in [6.07, 6.45) is -3.00. The molecule has 13 heteroatoms. The van der Waals surface area contributed by atoms with Crippen LogP contribution in [0.3, 0.4) is 0 Å². The van der Waals surface area contributed by atoms with Crippen molar-refractivity contribution in [1.82, 2.24) is 0 Å². The minimum absolute atomic E-state index is 0.107. The van der Waals surface area contributed by atoms with Crippen LogP contribution in [0.1, 0.15) is 78.0 Å². The summed E-state index contributed by atoms with van der Waals surface area (Å²) in [6.45, 7) is 12.3. The van der Waals surface area contributed by atoms with Gasteiger partial charge >= 0.3 is 14.0 Å². The van der Waals surface area contributed by atoms with Crippen molar-refractivity contribution in [2.75, 3.05) is 26.6 Å². The Labute approximate surface area is 263 Å². The van der Waals surface area contributed by atoms with Crippen LogP contribution in [0.4, 0.5) is 13.2 Å². The van der Waals surface area contributed by atoms with Gasteiger partial charge in [-0.1, -0.05) is 12.1 Å². The monoisotopic (exact) mass is 657 g/mol. The van der Waals surface area contributed by atoms with E-state index in [2.05, 4.69) is 4.99 Å². The van der Waals surface area contributed by atoms with Crippen molar-refractivity contribution < 1.29 is 50.3 Å². The van der Waals surface area contributed by atoms with Gasteiger partial charge in [0, 0.05) is 6.92 Å². The first kappa shape index (κ1) is 35.1. The lowest BCUT2D eigenvalue weighted by atomic mass is 9.93. The van der Waals surface area contributed by atoms with E-state index in [-0.39, 0.29) is 45.2 Å². The van der Waals surface area contributed by atoms with Crippen LogP contribution in [0.5, 0.6) is 17.2 Å². The molecule has 1 atom stereocenters. The average molecular weight is 658 g/mol. The second-order valence-corrected chi connectivity index (χ2v) is 14.8. The van der Waals surface area contributed by atoms with Crippen LogP contribution in [0.15, 0.2) is 41.4 Å². The number of fused-ring (bicyclic) bond motifs is 1. The fourth-order valence-electron chi connectivity index (χ4n) is 4.86.